The molecule has 2 rings (SSSR count). The predicted molar refractivity (Wildman–Crippen MR) is 107 cm³/mol. The fraction of sp³-hybridized carbons (Fsp3) is 0.136. The smallest absolute Gasteiger partial charge is 0.192 e. The summed E-state index contributed by atoms with van der Waals surface area (Å²) in [7, 11) is 0. The van der Waals surface area contributed by atoms with E-state index in [1.165, 1.54) is 0 Å². The summed E-state index contributed by atoms with van der Waals surface area (Å²) in [6, 6.07) is 5.28. The molecule has 0 unspecified atom stereocenters. The Hall–Kier alpha value is -3.07. The summed E-state index contributed by atoms with van der Waals surface area (Å²) < 4.78 is 0. The molecule has 3 heteroatoms. The van der Waals surface area contributed by atoms with Crippen molar-refractivity contribution in [1.82, 2.24) is 0 Å². The third kappa shape index (κ3) is 5.50. The zero-order chi connectivity index (χ0) is 18.1. The lowest BCUT2D eigenvalue weighted by atomic mass is 10.0. The average Bonchev–Trinajstić information content (AvgIpc) is 2.88. The Balaban J connectivity index is 2.08. The van der Waals surface area contributed by atoms with Crippen LogP contribution in [0, 0.1) is 0 Å². The van der Waals surface area contributed by atoms with Crippen molar-refractivity contribution in [3.05, 3.63) is 96.3 Å². The van der Waals surface area contributed by atoms with Crippen molar-refractivity contribution in [2.75, 3.05) is 11.1 Å². The van der Waals surface area contributed by atoms with Crippen molar-refractivity contribution in [1.29, 1.82) is 0 Å². The molecule has 0 spiro atoms. The second-order valence-electron chi connectivity index (χ2n) is 5.67. The van der Waals surface area contributed by atoms with Crippen molar-refractivity contribution in [2.45, 2.75) is 19.8 Å². The number of Topliss-reactive ketones (excluding diaryl/α,β-unsaturated/α-hetero) is 1. The van der Waals surface area contributed by atoms with E-state index in [0.717, 1.165) is 24.2 Å². The van der Waals surface area contributed by atoms with Crippen LogP contribution in [0.25, 0.3) is 0 Å². The molecule has 0 atom stereocenters. The van der Waals surface area contributed by atoms with Crippen LogP contribution in [0.15, 0.2) is 90.7 Å². The molecule has 0 amide bonds. The Bertz CT molecular complexity index is 792. The number of nitrogens with two attached hydrogens (primary N) is 1. The van der Waals surface area contributed by atoms with E-state index in [1.807, 2.05) is 49.4 Å². The van der Waals surface area contributed by atoms with Crippen LogP contribution in [0.3, 0.4) is 0 Å². The van der Waals surface area contributed by atoms with E-state index in [1.54, 1.807) is 18.2 Å². The molecule has 0 bridgehead atoms. The van der Waals surface area contributed by atoms with E-state index < -0.39 is 0 Å². The monoisotopic (exact) mass is 332 g/mol. The van der Waals surface area contributed by atoms with Gasteiger partial charge in [-0.1, -0.05) is 55.2 Å². The van der Waals surface area contributed by atoms with Gasteiger partial charge < -0.3 is 11.1 Å². The lowest BCUT2D eigenvalue weighted by molar-refractivity contribution is 0.103. The van der Waals surface area contributed by atoms with Crippen molar-refractivity contribution in [3.63, 3.8) is 0 Å². The number of nitrogens with one attached hydrogen (secondary N) is 1. The molecule has 1 aliphatic rings. The number of ketones is 1. The van der Waals surface area contributed by atoms with Crippen LogP contribution in [0.1, 0.15) is 30.1 Å². The number of benzene rings is 1. The van der Waals surface area contributed by atoms with Gasteiger partial charge in [-0.25, -0.2) is 0 Å². The lowest BCUT2D eigenvalue weighted by Crippen LogP contribution is -2.05. The van der Waals surface area contributed by atoms with Gasteiger partial charge in [0.15, 0.2) is 5.78 Å². The molecule has 128 valence electrons. The topological polar surface area (TPSA) is 55.1 Å². The first kappa shape index (κ1) is 18.3. The number of hydrogen-bond acceptors (Lipinski definition) is 3. The zero-order valence-electron chi connectivity index (χ0n) is 14.5. The van der Waals surface area contributed by atoms with E-state index >= 15 is 0 Å². The summed E-state index contributed by atoms with van der Waals surface area (Å²) in [5.74, 6) is -0.118. The maximum absolute atomic E-state index is 12.4. The fourth-order valence-corrected chi connectivity index (χ4v) is 2.33. The molecule has 0 radical (unpaired) electrons. The van der Waals surface area contributed by atoms with Crippen molar-refractivity contribution < 1.29 is 4.79 Å². The molecule has 25 heavy (non-hydrogen) atoms. The third-order valence-corrected chi connectivity index (χ3v) is 3.71. The number of rotatable bonds is 7. The van der Waals surface area contributed by atoms with Crippen LogP contribution in [0.2, 0.25) is 0 Å². The van der Waals surface area contributed by atoms with Gasteiger partial charge in [-0.05, 0) is 44.0 Å². The maximum atomic E-state index is 12.4. The summed E-state index contributed by atoms with van der Waals surface area (Å²) in [6.45, 7) is 5.80. The molecule has 1 aliphatic carbocycles. The van der Waals surface area contributed by atoms with E-state index in [-0.39, 0.29) is 5.78 Å². The predicted octanol–water partition coefficient (Wildman–Crippen LogP) is 5.34. The molecule has 0 fully saturated rings. The van der Waals surface area contributed by atoms with Crippen molar-refractivity contribution in [2.24, 2.45) is 0 Å². The molecule has 1 aromatic carbocycles. The highest BCUT2D eigenvalue weighted by atomic mass is 16.1. The summed E-state index contributed by atoms with van der Waals surface area (Å²) in [5.41, 5.74) is 9.39. The third-order valence-electron chi connectivity index (χ3n) is 3.71. The van der Waals surface area contributed by atoms with Crippen LogP contribution >= 0.6 is 0 Å². The highest BCUT2D eigenvalue weighted by molar-refractivity contribution is 6.10. The Kier molecular flexibility index (Phi) is 6.78. The summed E-state index contributed by atoms with van der Waals surface area (Å²) in [6.07, 6.45) is 19.4. The molecule has 0 heterocycles. The number of anilines is 2. The molecule has 1 aromatic rings. The van der Waals surface area contributed by atoms with Crippen LogP contribution < -0.4 is 11.1 Å². The highest BCUT2D eigenvalue weighted by Crippen LogP contribution is 2.24. The highest BCUT2D eigenvalue weighted by Gasteiger charge is 2.10. The Morgan fingerprint density at radius 1 is 1.32 bits per heavy atom. The van der Waals surface area contributed by atoms with Crippen LogP contribution in [0.5, 0.6) is 0 Å². The number of nitrogen functional groups attached to an aromatic ring is 1. The molecule has 3 nitrogen and oxygen atoms in total. The first-order chi connectivity index (χ1) is 12.1. The Labute approximate surface area is 149 Å². The number of carbonyl (C=O) groups is 1. The van der Waals surface area contributed by atoms with Gasteiger partial charge >= 0.3 is 0 Å². The lowest BCUT2D eigenvalue weighted by Gasteiger charge is -2.11. The maximum Gasteiger partial charge on any atom is 0.192 e. The van der Waals surface area contributed by atoms with E-state index in [9.17, 15) is 4.79 Å². The Morgan fingerprint density at radius 3 is 2.92 bits per heavy atom. The summed E-state index contributed by atoms with van der Waals surface area (Å²) in [5, 5.41) is 3.29. The minimum Gasteiger partial charge on any atom is -0.397 e. The molecule has 3 N–H and O–H groups in total. The largest absolute Gasteiger partial charge is 0.397 e. The van der Waals surface area contributed by atoms with Gasteiger partial charge in [0.25, 0.3) is 0 Å². The second-order valence-corrected chi connectivity index (χ2v) is 5.67. The molecule has 0 saturated carbocycles. The van der Waals surface area contributed by atoms with E-state index in [4.69, 9.17) is 5.73 Å². The van der Waals surface area contributed by atoms with Crippen LogP contribution in [-0.4, -0.2) is 5.78 Å². The van der Waals surface area contributed by atoms with E-state index in [2.05, 4.69) is 24.0 Å². The van der Waals surface area contributed by atoms with Gasteiger partial charge in [-0.2, -0.15) is 0 Å². The number of carbonyl (C=O) groups excluding carboxylic acids is 1. The fourth-order valence-electron chi connectivity index (χ4n) is 2.33. The Morgan fingerprint density at radius 2 is 2.16 bits per heavy atom. The van der Waals surface area contributed by atoms with Gasteiger partial charge in [-0.3, -0.25) is 4.79 Å². The average molecular weight is 332 g/mol. The minimum absolute atomic E-state index is 0.118. The number of hydrogen-bond donors (Lipinski definition) is 2. The van der Waals surface area contributed by atoms with Gasteiger partial charge in [0.2, 0.25) is 0 Å². The molecular formula is C22H24N2O. The van der Waals surface area contributed by atoms with Crippen molar-refractivity contribution in [3.8, 4) is 0 Å². The standard InChI is InChI=1S/C22H24N2O/c1-3-4-5-8-11-17(2)22(25)18-14-15-21(20(23)16-18)24-19-12-9-6-7-10-13-19/h3-4,6-9,11-16,24H,2,5,10,23H2,1H3/b4-3-,11-8-. The van der Waals surface area contributed by atoms with Gasteiger partial charge in [0.1, 0.15) is 0 Å². The SMILES string of the molecule is C=C(/C=C\C/C=C\C)C(=O)c1ccc(NC2=CCC=CC=C2)c(N)c1. The van der Waals surface area contributed by atoms with Crippen molar-refractivity contribution >= 4 is 17.2 Å². The molecule has 0 aromatic heterocycles. The summed E-state index contributed by atoms with van der Waals surface area (Å²) in [4.78, 5) is 12.4. The minimum atomic E-state index is -0.118. The van der Waals surface area contributed by atoms with E-state index in [0.29, 0.717) is 16.8 Å². The quantitative estimate of drug-likeness (QED) is 0.233. The van der Waals surface area contributed by atoms with Crippen LogP contribution in [0.4, 0.5) is 11.4 Å². The number of allylic oxidation sites excluding steroid dienone is 10. The molecular weight excluding hydrogens is 308 g/mol. The molecule has 0 aliphatic heterocycles. The zero-order valence-corrected chi connectivity index (χ0v) is 14.5. The van der Waals surface area contributed by atoms with Gasteiger partial charge in [0.05, 0.1) is 11.4 Å². The second kappa shape index (κ2) is 9.28. The van der Waals surface area contributed by atoms with Gasteiger partial charge in [-0.15, -0.1) is 0 Å². The summed E-state index contributed by atoms with van der Waals surface area (Å²) >= 11 is 0. The molecule has 0 saturated heterocycles. The van der Waals surface area contributed by atoms with Gasteiger partial charge in [0, 0.05) is 16.8 Å². The van der Waals surface area contributed by atoms with Crippen LogP contribution in [-0.2, 0) is 0 Å². The first-order valence-corrected chi connectivity index (χ1v) is 8.33. The normalized spacial score (nSPS) is 13.9. The first-order valence-electron chi connectivity index (χ1n) is 8.33.